The summed E-state index contributed by atoms with van der Waals surface area (Å²) < 4.78 is 12.6. The van der Waals surface area contributed by atoms with Crippen LogP contribution in [0.5, 0.6) is 11.5 Å². The van der Waals surface area contributed by atoms with E-state index in [1.165, 1.54) is 28.6 Å². The highest BCUT2D eigenvalue weighted by atomic mass is 32.2. The average molecular weight is 498 g/mol. The number of anilines is 1. The zero-order chi connectivity index (χ0) is 23.8. The number of nitrogens with zero attached hydrogens (tertiary/aromatic N) is 4. The Morgan fingerprint density at radius 3 is 2.71 bits per heavy atom. The van der Waals surface area contributed by atoms with Gasteiger partial charge in [0.15, 0.2) is 10.8 Å². The molecule has 34 heavy (non-hydrogen) atoms. The Morgan fingerprint density at radius 2 is 2.00 bits per heavy atom. The maximum atomic E-state index is 12.7. The third kappa shape index (κ3) is 4.20. The normalized spacial score (nSPS) is 15.5. The third-order valence-corrected chi connectivity index (χ3v) is 8.20. The molecule has 1 amide bonds. The number of fused-ring (bicyclic) bond motifs is 5. The second-order valence-corrected chi connectivity index (χ2v) is 10.5. The molecule has 0 radical (unpaired) electrons. The van der Waals surface area contributed by atoms with Crippen LogP contribution in [0.1, 0.15) is 36.5 Å². The van der Waals surface area contributed by atoms with Gasteiger partial charge in [0.25, 0.3) is 0 Å². The molecule has 1 N–H and O–H groups in total. The Kier molecular flexibility index (Phi) is 6.35. The summed E-state index contributed by atoms with van der Waals surface area (Å²) in [5.41, 5.74) is 2.85. The molecule has 0 unspecified atom stereocenters. The monoisotopic (exact) mass is 497 g/mol. The number of aryl methyl sites for hydroxylation is 2. The quantitative estimate of drug-likeness (QED) is 0.368. The summed E-state index contributed by atoms with van der Waals surface area (Å²) in [6, 6.07) is 5.28. The van der Waals surface area contributed by atoms with Crippen molar-refractivity contribution in [3.05, 3.63) is 34.5 Å². The number of carbonyl (C=O) groups excluding carboxylic acids is 1. The number of thiophene rings is 1. The summed E-state index contributed by atoms with van der Waals surface area (Å²) in [6.07, 6.45) is 4.11. The first kappa shape index (κ1) is 22.9. The molecule has 10 heteroatoms. The summed E-state index contributed by atoms with van der Waals surface area (Å²) in [6.45, 7) is 4.40. The lowest BCUT2D eigenvalue weighted by molar-refractivity contribution is -0.113. The van der Waals surface area contributed by atoms with Crippen LogP contribution in [0, 0.1) is 5.92 Å². The van der Waals surface area contributed by atoms with E-state index in [1.807, 2.05) is 4.40 Å². The molecule has 1 aliphatic rings. The average Bonchev–Trinajstić information content (AvgIpc) is 3.42. The number of hydrogen-bond donors (Lipinski definition) is 1. The fourth-order valence-electron chi connectivity index (χ4n) is 4.41. The number of amides is 1. The molecule has 0 saturated heterocycles. The molecule has 1 aliphatic carbocycles. The van der Waals surface area contributed by atoms with Gasteiger partial charge in [-0.1, -0.05) is 25.6 Å². The highest BCUT2D eigenvalue weighted by Gasteiger charge is 2.25. The number of carbonyl (C=O) groups is 1. The van der Waals surface area contributed by atoms with Crippen molar-refractivity contribution >= 4 is 50.6 Å². The topological polar surface area (TPSA) is 90.6 Å². The van der Waals surface area contributed by atoms with Crippen molar-refractivity contribution < 1.29 is 14.3 Å². The lowest BCUT2D eigenvalue weighted by Crippen LogP contribution is -2.14. The number of nitrogens with one attached hydrogen (secondary N) is 1. The van der Waals surface area contributed by atoms with Crippen molar-refractivity contribution in [3.63, 3.8) is 0 Å². The zero-order valence-corrected chi connectivity index (χ0v) is 21.3. The van der Waals surface area contributed by atoms with E-state index in [0.29, 0.717) is 28.3 Å². The van der Waals surface area contributed by atoms with Crippen LogP contribution in [0.25, 0.3) is 15.9 Å². The molecule has 178 valence electrons. The summed E-state index contributed by atoms with van der Waals surface area (Å²) >= 11 is 3.16. The van der Waals surface area contributed by atoms with Gasteiger partial charge in [0.05, 0.1) is 25.4 Å². The van der Waals surface area contributed by atoms with Gasteiger partial charge < -0.3 is 14.8 Å². The second-order valence-electron chi connectivity index (χ2n) is 8.49. The van der Waals surface area contributed by atoms with Gasteiger partial charge >= 0.3 is 0 Å². The number of methoxy groups -OCH3 is 2. The number of ether oxygens (including phenoxy) is 2. The van der Waals surface area contributed by atoms with Gasteiger partial charge in [0.2, 0.25) is 5.91 Å². The van der Waals surface area contributed by atoms with Crippen LogP contribution in [0.4, 0.5) is 5.69 Å². The van der Waals surface area contributed by atoms with Gasteiger partial charge in [0.1, 0.15) is 22.2 Å². The maximum absolute atomic E-state index is 12.7. The molecule has 1 aromatic carbocycles. The highest BCUT2D eigenvalue weighted by molar-refractivity contribution is 7.99. The molecule has 0 spiro atoms. The van der Waals surface area contributed by atoms with E-state index in [0.717, 1.165) is 41.0 Å². The lowest BCUT2D eigenvalue weighted by atomic mass is 9.89. The van der Waals surface area contributed by atoms with Gasteiger partial charge in [-0.15, -0.1) is 21.5 Å². The Bertz CT molecular complexity index is 1360. The molecule has 1 atom stereocenters. The number of aromatic nitrogens is 4. The Morgan fingerprint density at radius 1 is 1.24 bits per heavy atom. The van der Waals surface area contributed by atoms with E-state index in [4.69, 9.17) is 14.5 Å². The first-order valence-electron chi connectivity index (χ1n) is 11.3. The number of rotatable bonds is 7. The molecule has 3 aromatic heterocycles. The minimum Gasteiger partial charge on any atom is -0.497 e. The minimum absolute atomic E-state index is 0.147. The van der Waals surface area contributed by atoms with Gasteiger partial charge in [-0.2, -0.15) is 0 Å². The second kappa shape index (κ2) is 9.42. The lowest BCUT2D eigenvalue weighted by Gasteiger charge is -2.17. The smallest absolute Gasteiger partial charge is 0.234 e. The fourth-order valence-corrected chi connectivity index (χ4v) is 6.56. The fraction of sp³-hybridized carbons (Fsp3) is 0.417. The van der Waals surface area contributed by atoms with Crippen LogP contribution in [-0.2, 0) is 24.1 Å². The first-order chi connectivity index (χ1) is 16.5. The van der Waals surface area contributed by atoms with E-state index in [1.54, 1.807) is 43.8 Å². The van der Waals surface area contributed by atoms with E-state index in [9.17, 15) is 4.79 Å². The van der Waals surface area contributed by atoms with E-state index in [2.05, 4.69) is 29.4 Å². The van der Waals surface area contributed by atoms with Crippen LogP contribution in [0.3, 0.4) is 0 Å². The molecular weight excluding hydrogens is 470 g/mol. The van der Waals surface area contributed by atoms with Crippen LogP contribution >= 0.6 is 23.1 Å². The Balaban J connectivity index is 1.41. The molecule has 0 bridgehead atoms. The molecule has 0 saturated carbocycles. The van der Waals surface area contributed by atoms with Gasteiger partial charge in [-0.25, -0.2) is 4.98 Å². The summed E-state index contributed by atoms with van der Waals surface area (Å²) in [5, 5.41) is 13.7. The van der Waals surface area contributed by atoms with Crippen molar-refractivity contribution in [1.29, 1.82) is 0 Å². The van der Waals surface area contributed by atoms with Gasteiger partial charge in [0, 0.05) is 35.2 Å². The van der Waals surface area contributed by atoms with E-state index < -0.39 is 0 Å². The van der Waals surface area contributed by atoms with Crippen molar-refractivity contribution in [2.24, 2.45) is 5.92 Å². The van der Waals surface area contributed by atoms with E-state index in [-0.39, 0.29) is 11.7 Å². The van der Waals surface area contributed by atoms with Gasteiger partial charge in [-0.3, -0.25) is 9.20 Å². The zero-order valence-electron chi connectivity index (χ0n) is 19.7. The molecule has 5 rings (SSSR count). The van der Waals surface area contributed by atoms with Gasteiger partial charge in [-0.05, 0) is 30.7 Å². The van der Waals surface area contributed by atoms with E-state index >= 15 is 0 Å². The Hall–Kier alpha value is -2.85. The predicted octanol–water partition coefficient (Wildman–Crippen LogP) is 4.77. The number of benzene rings is 1. The highest BCUT2D eigenvalue weighted by Crippen LogP contribution is 2.39. The van der Waals surface area contributed by atoms with Crippen molar-refractivity contribution in [1.82, 2.24) is 19.6 Å². The van der Waals surface area contributed by atoms with Crippen molar-refractivity contribution in [3.8, 4) is 11.5 Å². The minimum atomic E-state index is -0.147. The predicted molar refractivity (Wildman–Crippen MR) is 136 cm³/mol. The van der Waals surface area contributed by atoms with Crippen LogP contribution in [0.15, 0.2) is 23.4 Å². The summed E-state index contributed by atoms with van der Waals surface area (Å²) in [5.74, 6) is 2.89. The standard InChI is InChI=1S/C24H27N5O3S2/c1-5-19-26-23-21(17-7-6-13(2)8-18(17)34-23)22-27-28-24(29(19)22)33-12-20(30)25-14-9-15(31-3)11-16(10-14)32-4/h9-11,13H,5-8,12H2,1-4H3,(H,25,30)/t13-/m0/s1. The SMILES string of the molecule is CCc1nc2sc3c(c2c2nnc(SCC(=O)Nc4cc(OC)cc(OC)c4)n12)CC[C@H](C)C3. The molecule has 0 fully saturated rings. The third-order valence-electron chi connectivity index (χ3n) is 6.12. The van der Waals surface area contributed by atoms with Crippen LogP contribution in [0.2, 0.25) is 0 Å². The number of thioether (sulfide) groups is 1. The largest absolute Gasteiger partial charge is 0.497 e. The Labute approximate surface area is 206 Å². The maximum Gasteiger partial charge on any atom is 0.234 e. The van der Waals surface area contributed by atoms with Crippen LogP contribution in [-0.4, -0.2) is 45.5 Å². The van der Waals surface area contributed by atoms with Crippen molar-refractivity contribution in [2.75, 3.05) is 25.3 Å². The summed E-state index contributed by atoms with van der Waals surface area (Å²) in [7, 11) is 3.16. The van der Waals surface area contributed by atoms with Crippen molar-refractivity contribution in [2.45, 2.75) is 44.7 Å². The summed E-state index contributed by atoms with van der Waals surface area (Å²) in [4.78, 5) is 20.2. The molecule has 8 nitrogen and oxygen atoms in total. The molecule has 4 aromatic rings. The number of hydrogen-bond acceptors (Lipinski definition) is 8. The first-order valence-corrected chi connectivity index (χ1v) is 13.1. The molecule has 0 aliphatic heterocycles. The van der Waals surface area contributed by atoms with Crippen LogP contribution < -0.4 is 14.8 Å². The molecule has 3 heterocycles. The molecular formula is C24H27N5O3S2.